The van der Waals surface area contributed by atoms with Gasteiger partial charge in [-0.05, 0) is 29.8 Å². The van der Waals surface area contributed by atoms with E-state index in [4.69, 9.17) is 0 Å². The van der Waals surface area contributed by atoms with E-state index in [0.29, 0.717) is 22.6 Å². The van der Waals surface area contributed by atoms with Crippen LogP contribution in [-0.4, -0.2) is 39.8 Å². The van der Waals surface area contributed by atoms with Gasteiger partial charge in [0.2, 0.25) is 5.91 Å². The molecular formula is C20H19F2N3O3S. The van der Waals surface area contributed by atoms with Gasteiger partial charge in [0, 0.05) is 20.6 Å². The van der Waals surface area contributed by atoms with Crippen molar-refractivity contribution in [1.82, 2.24) is 14.5 Å². The molecule has 0 spiro atoms. The first-order valence-electron chi connectivity index (χ1n) is 8.71. The number of carbonyl (C=O) groups excluding carboxylic acids is 1. The van der Waals surface area contributed by atoms with Crippen LogP contribution >= 0.6 is 11.8 Å². The largest absolute Gasteiger partial charge is 0.435 e. The van der Waals surface area contributed by atoms with E-state index in [9.17, 15) is 18.4 Å². The third-order valence-corrected chi connectivity index (χ3v) is 5.28. The van der Waals surface area contributed by atoms with Gasteiger partial charge in [0.15, 0.2) is 5.16 Å². The Labute approximate surface area is 170 Å². The Kier molecular flexibility index (Phi) is 6.48. The van der Waals surface area contributed by atoms with Crippen molar-refractivity contribution in [2.75, 3.05) is 12.8 Å². The number of thioether (sulfide) groups is 1. The van der Waals surface area contributed by atoms with Crippen molar-refractivity contribution in [1.29, 1.82) is 0 Å². The van der Waals surface area contributed by atoms with E-state index in [-0.39, 0.29) is 23.0 Å². The summed E-state index contributed by atoms with van der Waals surface area (Å²) in [4.78, 5) is 30.9. The molecule has 0 saturated heterocycles. The van der Waals surface area contributed by atoms with Crippen LogP contribution in [0.15, 0.2) is 58.5 Å². The molecule has 0 bridgehead atoms. The Hall–Kier alpha value is -2.94. The number of benzene rings is 2. The fraction of sp³-hybridized carbons (Fsp3) is 0.250. The molecule has 2 aromatic carbocycles. The van der Waals surface area contributed by atoms with E-state index in [2.05, 4.69) is 9.72 Å². The molecular weight excluding hydrogens is 400 g/mol. The lowest BCUT2D eigenvalue weighted by Gasteiger charge is -2.17. The van der Waals surface area contributed by atoms with Crippen molar-refractivity contribution < 1.29 is 18.3 Å². The number of alkyl halides is 2. The summed E-state index contributed by atoms with van der Waals surface area (Å²) in [7, 11) is 3.28. The Morgan fingerprint density at radius 3 is 2.59 bits per heavy atom. The lowest BCUT2D eigenvalue weighted by atomic mass is 10.2. The highest BCUT2D eigenvalue weighted by Gasteiger charge is 2.14. The van der Waals surface area contributed by atoms with Gasteiger partial charge in [-0.2, -0.15) is 8.78 Å². The number of nitrogens with zero attached hydrogens (tertiary/aromatic N) is 3. The van der Waals surface area contributed by atoms with Gasteiger partial charge in [0.25, 0.3) is 5.56 Å². The zero-order chi connectivity index (χ0) is 21.0. The number of hydrogen-bond acceptors (Lipinski definition) is 5. The van der Waals surface area contributed by atoms with Gasteiger partial charge in [0.1, 0.15) is 5.75 Å². The van der Waals surface area contributed by atoms with E-state index < -0.39 is 6.61 Å². The van der Waals surface area contributed by atoms with Crippen LogP contribution < -0.4 is 10.3 Å². The highest BCUT2D eigenvalue weighted by Crippen LogP contribution is 2.19. The predicted octanol–water partition coefficient (Wildman–Crippen LogP) is 3.29. The maximum absolute atomic E-state index is 12.5. The van der Waals surface area contributed by atoms with Crippen LogP contribution in [0.5, 0.6) is 5.75 Å². The first-order chi connectivity index (χ1) is 13.8. The summed E-state index contributed by atoms with van der Waals surface area (Å²) in [6.07, 6.45) is 0. The van der Waals surface area contributed by atoms with E-state index in [1.54, 1.807) is 50.5 Å². The van der Waals surface area contributed by atoms with Gasteiger partial charge in [-0.3, -0.25) is 14.2 Å². The zero-order valence-corrected chi connectivity index (χ0v) is 16.7. The summed E-state index contributed by atoms with van der Waals surface area (Å²) in [5.74, 6) is 0.0312. The van der Waals surface area contributed by atoms with Crippen molar-refractivity contribution in [3.63, 3.8) is 0 Å². The quantitative estimate of drug-likeness (QED) is 0.434. The fourth-order valence-corrected chi connectivity index (χ4v) is 3.61. The minimum Gasteiger partial charge on any atom is -0.435 e. The Morgan fingerprint density at radius 2 is 1.90 bits per heavy atom. The first-order valence-corrected chi connectivity index (χ1v) is 9.70. The van der Waals surface area contributed by atoms with Crippen LogP contribution in [0.2, 0.25) is 0 Å². The molecule has 0 radical (unpaired) electrons. The maximum Gasteiger partial charge on any atom is 0.387 e. The van der Waals surface area contributed by atoms with Crippen LogP contribution in [0.3, 0.4) is 0 Å². The molecule has 0 aliphatic heterocycles. The Morgan fingerprint density at radius 1 is 1.21 bits per heavy atom. The van der Waals surface area contributed by atoms with Gasteiger partial charge in [-0.1, -0.05) is 36.0 Å². The van der Waals surface area contributed by atoms with Crippen LogP contribution in [0.4, 0.5) is 8.78 Å². The van der Waals surface area contributed by atoms with E-state index >= 15 is 0 Å². The number of hydrogen-bond donors (Lipinski definition) is 0. The molecule has 0 unspecified atom stereocenters. The van der Waals surface area contributed by atoms with E-state index in [1.165, 1.54) is 33.4 Å². The standard InChI is InChI=1S/C20H19F2N3O3S/c1-24(11-13-7-9-14(10-8-13)28-19(21)22)17(26)12-29-20-23-16-6-4-3-5-15(16)18(27)25(20)2/h3-10,19H,11-12H2,1-2H3. The second-order valence-corrected chi connectivity index (χ2v) is 7.28. The molecule has 0 fully saturated rings. The van der Waals surface area contributed by atoms with Gasteiger partial charge in [-0.25, -0.2) is 4.98 Å². The fourth-order valence-electron chi connectivity index (χ4n) is 2.70. The summed E-state index contributed by atoms with van der Waals surface area (Å²) in [5, 5.41) is 0.992. The van der Waals surface area contributed by atoms with Crippen LogP contribution in [0.1, 0.15) is 5.56 Å². The third kappa shape index (κ3) is 5.11. The van der Waals surface area contributed by atoms with Crippen molar-refractivity contribution in [2.24, 2.45) is 7.05 Å². The molecule has 9 heteroatoms. The molecule has 3 aromatic rings. The van der Waals surface area contributed by atoms with Gasteiger partial charge < -0.3 is 9.64 Å². The topological polar surface area (TPSA) is 64.4 Å². The highest BCUT2D eigenvalue weighted by atomic mass is 32.2. The third-order valence-electron chi connectivity index (χ3n) is 4.26. The number of rotatable bonds is 7. The van der Waals surface area contributed by atoms with Gasteiger partial charge >= 0.3 is 6.61 Å². The molecule has 0 aliphatic carbocycles. The number of para-hydroxylation sites is 1. The van der Waals surface area contributed by atoms with Crippen molar-refractivity contribution in [3.05, 3.63) is 64.4 Å². The van der Waals surface area contributed by atoms with Gasteiger partial charge in [-0.15, -0.1) is 0 Å². The van der Waals surface area contributed by atoms with Crippen molar-refractivity contribution in [2.45, 2.75) is 18.3 Å². The lowest BCUT2D eigenvalue weighted by Crippen LogP contribution is -2.28. The molecule has 1 heterocycles. The summed E-state index contributed by atoms with van der Waals surface area (Å²) in [5.41, 5.74) is 1.21. The van der Waals surface area contributed by atoms with Crippen LogP contribution in [-0.2, 0) is 18.4 Å². The molecule has 152 valence electrons. The zero-order valence-electron chi connectivity index (χ0n) is 15.8. The summed E-state index contributed by atoms with van der Waals surface area (Å²) in [6, 6.07) is 13.2. The number of aromatic nitrogens is 2. The lowest BCUT2D eigenvalue weighted by molar-refractivity contribution is -0.127. The first kappa shape index (κ1) is 20.8. The van der Waals surface area contributed by atoms with Crippen molar-refractivity contribution in [3.8, 4) is 5.75 Å². The smallest absolute Gasteiger partial charge is 0.387 e. The van der Waals surface area contributed by atoms with E-state index in [1.807, 2.05) is 0 Å². The maximum atomic E-state index is 12.5. The monoisotopic (exact) mass is 419 g/mol. The molecule has 1 amide bonds. The summed E-state index contributed by atoms with van der Waals surface area (Å²) >= 11 is 1.19. The number of amides is 1. The van der Waals surface area contributed by atoms with Crippen LogP contribution in [0, 0.1) is 0 Å². The normalized spacial score (nSPS) is 11.1. The van der Waals surface area contributed by atoms with Gasteiger partial charge in [0.05, 0.1) is 16.7 Å². The second-order valence-electron chi connectivity index (χ2n) is 6.34. The molecule has 29 heavy (non-hydrogen) atoms. The molecule has 0 N–H and O–H groups in total. The number of halogens is 2. The van der Waals surface area contributed by atoms with Crippen LogP contribution in [0.25, 0.3) is 10.9 Å². The minimum absolute atomic E-state index is 0.0663. The summed E-state index contributed by atoms with van der Waals surface area (Å²) < 4.78 is 30.1. The highest BCUT2D eigenvalue weighted by molar-refractivity contribution is 7.99. The SMILES string of the molecule is CN(Cc1ccc(OC(F)F)cc1)C(=O)CSc1nc2ccccc2c(=O)n1C. The number of carbonyl (C=O) groups is 1. The molecule has 0 atom stereocenters. The average Bonchev–Trinajstić information content (AvgIpc) is 2.70. The molecule has 6 nitrogen and oxygen atoms in total. The summed E-state index contributed by atoms with van der Waals surface area (Å²) in [6.45, 7) is -2.56. The number of fused-ring (bicyclic) bond motifs is 1. The molecule has 0 saturated carbocycles. The Balaban J connectivity index is 1.62. The molecule has 0 aliphatic rings. The predicted molar refractivity (Wildman–Crippen MR) is 107 cm³/mol. The molecule has 1 aromatic heterocycles. The van der Waals surface area contributed by atoms with E-state index in [0.717, 1.165) is 5.56 Å². The second kappa shape index (κ2) is 9.04. The number of ether oxygens (including phenoxy) is 1. The van der Waals surface area contributed by atoms with Crippen molar-refractivity contribution >= 4 is 28.6 Å². The minimum atomic E-state index is -2.87. The molecule has 3 rings (SSSR count). The average molecular weight is 419 g/mol. The Bertz CT molecular complexity index is 1070.